The molecule has 0 radical (unpaired) electrons. The van der Waals surface area contributed by atoms with Gasteiger partial charge in [0.05, 0.1) is 18.3 Å². The van der Waals surface area contributed by atoms with E-state index in [-0.39, 0.29) is 27.8 Å². The van der Waals surface area contributed by atoms with Crippen molar-refractivity contribution in [1.29, 1.82) is 0 Å². The summed E-state index contributed by atoms with van der Waals surface area (Å²) in [5, 5.41) is 30.8. The Morgan fingerprint density at radius 3 is 2.77 bits per heavy atom. The number of halogens is 1. The molecule has 0 spiro atoms. The van der Waals surface area contributed by atoms with Crippen molar-refractivity contribution in [3.8, 4) is 0 Å². The van der Waals surface area contributed by atoms with E-state index in [9.17, 15) is 20.1 Å². The molecule has 0 aromatic heterocycles. The Hall–Kier alpha value is -0.180. The van der Waals surface area contributed by atoms with Gasteiger partial charge in [0.2, 0.25) is 0 Å². The summed E-state index contributed by atoms with van der Waals surface area (Å²) in [5.74, 6) is -0.379. The van der Waals surface area contributed by atoms with Crippen LogP contribution in [0.1, 0.15) is 64.7 Å². The number of hydrogen-bond acceptors (Lipinski definition) is 5. The maximum atomic E-state index is 11.5. The van der Waals surface area contributed by atoms with E-state index >= 15 is 0 Å². The lowest BCUT2D eigenvalue weighted by molar-refractivity contribution is -0.153. The van der Waals surface area contributed by atoms with Crippen LogP contribution in [0.5, 0.6) is 0 Å². The number of cyclic esters (lactones) is 1. The molecule has 1 saturated heterocycles. The topological polar surface area (TPSA) is 87.0 Å². The Morgan fingerprint density at radius 2 is 2.08 bits per heavy atom. The number of esters is 1. The van der Waals surface area contributed by atoms with Crippen molar-refractivity contribution >= 4 is 28.6 Å². The van der Waals surface area contributed by atoms with Gasteiger partial charge in [0.25, 0.3) is 0 Å². The number of rotatable bonds is 9. The van der Waals surface area contributed by atoms with Crippen molar-refractivity contribution in [2.24, 2.45) is 11.8 Å². The minimum Gasteiger partial charge on any atom is -0.461 e. The Kier molecular flexibility index (Phi) is 9.33. The van der Waals surface area contributed by atoms with Gasteiger partial charge in [0.15, 0.2) is 0 Å². The van der Waals surface area contributed by atoms with Crippen molar-refractivity contribution < 1.29 is 24.9 Å². The summed E-state index contributed by atoms with van der Waals surface area (Å²) in [5.41, 5.74) is 0. The minimum absolute atomic E-state index is 0.0772. The van der Waals surface area contributed by atoms with Crippen LogP contribution in [0.15, 0.2) is 12.2 Å². The predicted octanol–water partition coefficient (Wildman–Crippen LogP) is 3.13. The molecule has 1 saturated carbocycles. The molecule has 1 aliphatic carbocycles. The standard InChI is InChI=1S/C20H33IO5/c1-2-3-4-6-13(22)9-10-14-15(18(24)12-17(14)23)11-16(21)19-7-5-8-20(25)26-19/h9-10,13-19,22-24H,2-8,11-12H2,1H3/b10-9+/t13-,14+,15+,16?,17+,18-,19?/m0/s1. The molecule has 0 aromatic carbocycles. The zero-order valence-corrected chi connectivity index (χ0v) is 17.8. The Bertz CT molecular complexity index is 469. The zero-order valence-electron chi connectivity index (χ0n) is 15.6. The highest BCUT2D eigenvalue weighted by molar-refractivity contribution is 14.1. The lowest BCUT2D eigenvalue weighted by Crippen LogP contribution is -2.34. The average molecular weight is 480 g/mol. The maximum Gasteiger partial charge on any atom is 0.306 e. The Balaban J connectivity index is 1.92. The van der Waals surface area contributed by atoms with E-state index in [1.165, 1.54) is 0 Å². The van der Waals surface area contributed by atoms with E-state index in [2.05, 4.69) is 29.5 Å². The largest absolute Gasteiger partial charge is 0.461 e. The number of aliphatic hydroxyl groups excluding tert-OH is 3. The van der Waals surface area contributed by atoms with Gasteiger partial charge in [-0.2, -0.15) is 0 Å². The molecule has 26 heavy (non-hydrogen) atoms. The molecule has 7 atom stereocenters. The number of carbonyl (C=O) groups is 1. The Labute approximate surface area is 170 Å². The van der Waals surface area contributed by atoms with Gasteiger partial charge in [-0.15, -0.1) is 0 Å². The van der Waals surface area contributed by atoms with E-state index in [4.69, 9.17) is 4.74 Å². The van der Waals surface area contributed by atoms with Crippen LogP contribution in [0.4, 0.5) is 0 Å². The molecular formula is C20H33IO5. The van der Waals surface area contributed by atoms with Crippen LogP contribution in [0, 0.1) is 11.8 Å². The first-order chi connectivity index (χ1) is 12.4. The molecule has 0 amide bonds. The lowest BCUT2D eigenvalue weighted by Gasteiger charge is -2.30. The van der Waals surface area contributed by atoms with Gasteiger partial charge in [0, 0.05) is 22.7 Å². The van der Waals surface area contributed by atoms with Crippen LogP contribution in [-0.4, -0.2) is 49.6 Å². The summed E-state index contributed by atoms with van der Waals surface area (Å²) in [4.78, 5) is 11.5. The van der Waals surface area contributed by atoms with E-state index < -0.39 is 18.3 Å². The zero-order chi connectivity index (χ0) is 19.1. The highest BCUT2D eigenvalue weighted by Crippen LogP contribution is 2.39. The summed E-state index contributed by atoms with van der Waals surface area (Å²) >= 11 is 2.31. The lowest BCUT2D eigenvalue weighted by atomic mass is 9.87. The fourth-order valence-corrected chi connectivity index (χ4v) is 5.16. The average Bonchev–Trinajstić information content (AvgIpc) is 2.86. The van der Waals surface area contributed by atoms with Gasteiger partial charge in [-0.1, -0.05) is 60.9 Å². The van der Waals surface area contributed by atoms with Crippen LogP contribution in [0.2, 0.25) is 0 Å². The van der Waals surface area contributed by atoms with Crippen LogP contribution in [-0.2, 0) is 9.53 Å². The smallest absolute Gasteiger partial charge is 0.306 e. The molecule has 2 unspecified atom stereocenters. The molecule has 1 aliphatic heterocycles. The van der Waals surface area contributed by atoms with Gasteiger partial charge in [-0.05, 0) is 31.6 Å². The van der Waals surface area contributed by atoms with E-state index in [1.54, 1.807) is 6.08 Å². The molecule has 0 bridgehead atoms. The quantitative estimate of drug-likeness (QED) is 0.155. The Morgan fingerprint density at radius 1 is 1.31 bits per heavy atom. The first-order valence-corrected chi connectivity index (χ1v) is 11.2. The van der Waals surface area contributed by atoms with Crippen LogP contribution < -0.4 is 0 Å². The van der Waals surface area contributed by atoms with Gasteiger partial charge < -0.3 is 20.1 Å². The summed E-state index contributed by atoms with van der Waals surface area (Å²) in [7, 11) is 0. The number of ether oxygens (including phenoxy) is 1. The van der Waals surface area contributed by atoms with Gasteiger partial charge in [0.1, 0.15) is 6.10 Å². The highest BCUT2D eigenvalue weighted by atomic mass is 127. The van der Waals surface area contributed by atoms with Crippen LogP contribution in [0.3, 0.4) is 0 Å². The molecule has 2 rings (SSSR count). The van der Waals surface area contributed by atoms with Gasteiger partial charge in [-0.25, -0.2) is 0 Å². The van der Waals surface area contributed by atoms with E-state index in [0.717, 1.165) is 38.5 Å². The molecule has 2 aliphatic rings. The predicted molar refractivity (Wildman–Crippen MR) is 109 cm³/mol. The summed E-state index contributed by atoms with van der Waals surface area (Å²) in [6.45, 7) is 2.13. The second kappa shape index (κ2) is 11.0. The molecule has 2 fully saturated rings. The van der Waals surface area contributed by atoms with Crippen molar-refractivity contribution in [3.05, 3.63) is 12.2 Å². The molecule has 5 nitrogen and oxygen atoms in total. The summed E-state index contributed by atoms with van der Waals surface area (Å²) in [6.07, 6.45) is 9.11. The third-order valence-corrected chi connectivity index (χ3v) is 6.94. The van der Waals surface area contributed by atoms with E-state index in [1.807, 2.05) is 6.08 Å². The number of carbonyl (C=O) groups excluding carboxylic acids is 1. The summed E-state index contributed by atoms with van der Waals surface area (Å²) in [6, 6.07) is 0. The number of aliphatic hydroxyl groups is 3. The molecular weight excluding hydrogens is 447 g/mol. The van der Waals surface area contributed by atoms with Crippen LogP contribution in [0.25, 0.3) is 0 Å². The molecule has 1 heterocycles. The first kappa shape index (κ1) is 22.1. The maximum absolute atomic E-state index is 11.5. The summed E-state index contributed by atoms with van der Waals surface area (Å²) < 4.78 is 5.58. The highest BCUT2D eigenvalue weighted by Gasteiger charge is 2.42. The molecule has 150 valence electrons. The van der Waals surface area contributed by atoms with Crippen molar-refractivity contribution in [2.45, 2.75) is 93.1 Å². The van der Waals surface area contributed by atoms with E-state index in [0.29, 0.717) is 19.3 Å². The fourth-order valence-electron chi connectivity index (χ4n) is 4.06. The van der Waals surface area contributed by atoms with Crippen LogP contribution >= 0.6 is 22.6 Å². The molecule has 6 heteroatoms. The van der Waals surface area contributed by atoms with Crippen molar-refractivity contribution in [1.82, 2.24) is 0 Å². The monoisotopic (exact) mass is 480 g/mol. The van der Waals surface area contributed by atoms with Gasteiger partial charge >= 0.3 is 5.97 Å². The van der Waals surface area contributed by atoms with Crippen molar-refractivity contribution in [2.75, 3.05) is 0 Å². The third kappa shape index (κ3) is 6.46. The van der Waals surface area contributed by atoms with Crippen molar-refractivity contribution in [3.63, 3.8) is 0 Å². The number of hydrogen-bond donors (Lipinski definition) is 3. The second-order valence-corrected chi connectivity index (χ2v) is 9.33. The third-order valence-electron chi connectivity index (χ3n) is 5.63. The number of unbranched alkanes of at least 4 members (excludes halogenated alkanes) is 2. The fraction of sp³-hybridized carbons (Fsp3) is 0.850. The van der Waals surface area contributed by atoms with Gasteiger partial charge in [-0.3, -0.25) is 4.79 Å². The number of alkyl halides is 1. The first-order valence-electron chi connectivity index (χ1n) is 9.98. The SMILES string of the molecule is CCCCC[C@H](O)/C=C/[C@@H]1[C@@H](CC(I)C2CCCC(=O)O2)[C@@H](O)C[C@H]1O. The minimum atomic E-state index is -0.591. The molecule has 3 N–H and O–H groups in total. The normalized spacial score (nSPS) is 34.8. The molecule has 0 aromatic rings. The second-order valence-electron chi connectivity index (χ2n) is 7.73.